The van der Waals surface area contributed by atoms with Crippen molar-refractivity contribution in [2.24, 2.45) is 0 Å². The molecule has 0 heterocycles. The first-order valence-corrected chi connectivity index (χ1v) is 4.28. The second-order valence-corrected chi connectivity index (χ2v) is 3.36. The molecule has 0 aromatic heterocycles. The largest absolute Gasteiger partial charge is 0.573 e. The average molecular weight is 303 g/mol. The van der Waals surface area contributed by atoms with E-state index < -0.39 is 6.36 Å². The Kier molecular flexibility index (Phi) is 2.89. The highest BCUT2D eigenvalue weighted by Gasteiger charge is 2.32. The van der Waals surface area contributed by atoms with Crippen LogP contribution >= 0.6 is 22.6 Å². The molecule has 0 aliphatic rings. The number of hydrogen-bond acceptors (Lipinski definition) is 2. The predicted molar refractivity (Wildman–Crippen MR) is 50.3 cm³/mol. The maximum Gasteiger partial charge on any atom is 0.573 e. The molecule has 0 unspecified atom stereocenters. The van der Waals surface area contributed by atoms with Gasteiger partial charge in [0.15, 0.2) is 5.75 Å². The van der Waals surface area contributed by atoms with E-state index in [1.807, 2.05) is 22.6 Å². The first-order chi connectivity index (χ1) is 5.90. The molecule has 0 fully saturated rings. The topological polar surface area (TPSA) is 35.2 Å². The number of anilines is 1. The second kappa shape index (κ2) is 3.60. The van der Waals surface area contributed by atoms with E-state index >= 15 is 0 Å². The zero-order valence-corrected chi connectivity index (χ0v) is 8.39. The molecule has 0 bridgehead atoms. The number of alkyl halides is 3. The molecule has 0 radical (unpaired) electrons. The van der Waals surface area contributed by atoms with Crippen LogP contribution in [0.5, 0.6) is 5.75 Å². The Balaban J connectivity index is 2.96. The van der Waals surface area contributed by atoms with Crippen LogP contribution in [-0.2, 0) is 0 Å². The lowest BCUT2D eigenvalue weighted by Crippen LogP contribution is -2.18. The summed E-state index contributed by atoms with van der Waals surface area (Å²) in [4.78, 5) is 0. The van der Waals surface area contributed by atoms with Crippen LogP contribution < -0.4 is 10.5 Å². The summed E-state index contributed by atoms with van der Waals surface area (Å²) < 4.78 is 39.5. The number of rotatable bonds is 1. The van der Waals surface area contributed by atoms with Crippen molar-refractivity contribution < 1.29 is 17.9 Å². The van der Waals surface area contributed by atoms with Gasteiger partial charge in [0.2, 0.25) is 0 Å². The maximum atomic E-state index is 11.8. The van der Waals surface area contributed by atoms with E-state index in [1.165, 1.54) is 12.1 Å². The number of benzene rings is 1. The predicted octanol–water partition coefficient (Wildman–Crippen LogP) is 2.77. The van der Waals surface area contributed by atoms with Crippen LogP contribution in [0.3, 0.4) is 0 Å². The molecule has 72 valence electrons. The quantitative estimate of drug-likeness (QED) is 0.639. The van der Waals surface area contributed by atoms with Crippen LogP contribution in [0.4, 0.5) is 18.9 Å². The number of nitrogen functional groups attached to an aromatic ring is 1. The van der Waals surface area contributed by atoms with Gasteiger partial charge >= 0.3 is 6.36 Å². The van der Waals surface area contributed by atoms with Gasteiger partial charge in [-0.3, -0.25) is 0 Å². The monoisotopic (exact) mass is 303 g/mol. The maximum absolute atomic E-state index is 11.8. The minimum Gasteiger partial charge on any atom is -0.404 e. The number of para-hydroxylation sites is 1. The molecule has 2 N–H and O–H groups in total. The number of nitrogens with two attached hydrogens (primary N) is 1. The van der Waals surface area contributed by atoms with Crippen molar-refractivity contribution in [3.8, 4) is 5.75 Å². The Hall–Kier alpha value is -0.660. The molecule has 0 saturated carbocycles. The summed E-state index contributed by atoms with van der Waals surface area (Å²) in [5, 5.41) is 0. The molecular weight excluding hydrogens is 298 g/mol. The van der Waals surface area contributed by atoms with Gasteiger partial charge in [-0.2, -0.15) is 0 Å². The SMILES string of the molecule is Nc1c(I)cccc1OC(F)(F)F. The lowest BCUT2D eigenvalue weighted by Gasteiger charge is -2.11. The van der Waals surface area contributed by atoms with Crippen molar-refractivity contribution in [1.29, 1.82) is 0 Å². The molecule has 0 amide bonds. The van der Waals surface area contributed by atoms with Gasteiger partial charge in [-0.1, -0.05) is 6.07 Å². The molecule has 1 rings (SSSR count). The third-order valence-electron chi connectivity index (χ3n) is 1.24. The van der Waals surface area contributed by atoms with Crippen LogP contribution in [-0.4, -0.2) is 6.36 Å². The van der Waals surface area contributed by atoms with Crippen molar-refractivity contribution in [2.75, 3.05) is 5.73 Å². The Labute approximate surface area is 86.0 Å². The lowest BCUT2D eigenvalue weighted by atomic mass is 10.3. The zero-order valence-electron chi connectivity index (χ0n) is 6.23. The molecule has 0 atom stereocenters. The van der Waals surface area contributed by atoms with Crippen molar-refractivity contribution in [2.45, 2.75) is 6.36 Å². The number of halogens is 4. The average Bonchev–Trinajstić information content (AvgIpc) is 1.96. The van der Waals surface area contributed by atoms with Crippen LogP contribution in [0, 0.1) is 3.57 Å². The highest BCUT2D eigenvalue weighted by Crippen LogP contribution is 2.30. The Morgan fingerprint density at radius 3 is 2.46 bits per heavy atom. The van der Waals surface area contributed by atoms with E-state index in [0.29, 0.717) is 3.57 Å². The molecule has 1 aromatic carbocycles. The van der Waals surface area contributed by atoms with Crippen molar-refractivity contribution >= 4 is 28.3 Å². The van der Waals surface area contributed by atoms with Crippen molar-refractivity contribution in [3.63, 3.8) is 0 Å². The summed E-state index contributed by atoms with van der Waals surface area (Å²) >= 11 is 1.83. The van der Waals surface area contributed by atoms with Gasteiger partial charge in [0.25, 0.3) is 0 Å². The summed E-state index contributed by atoms with van der Waals surface area (Å²) in [7, 11) is 0. The van der Waals surface area contributed by atoms with E-state index in [4.69, 9.17) is 5.73 Å². The Bertz CT molecular complexity index is 313. The zero-order chi connectivity index (χ0) is 10.1. The molecule has 0 aliphatic carbocycles. The van der Waals surface area contributed by atoms with Gasteiger partial charge in [-0.15, -0.1) is 13.2 Å². The summed E-state index contributed by atoms with van der Waals surface area (Å²) in [6.45, 7) is 0. The molecule has 0 saturated heterocycles. The first-order valence-electron chi connectivity index (χ1n) is 3.20. The fourth-order valence-electron chi connectivity index (χ4n) is 0.731. The van der Waals surface area contributed by atoms with E-state index in [9.17, 15) is 13.2 Å². The molecule has 1 aromatic rings. The van der Waals surface area contributed by atoms with Crippen molar-refractivity contribution in [3.05, 3.63) is 21.8 Å². The summed E-state index contributed by atoms with van der Waals surface area (Å²) in [5.41, 5.74) is 5.36. The minimum absolute atomic E-state index is 0.000394. The first kappa shape index (κ1) is 10.4. The molecule has 13 heavy (non-hydrogen) atoms. The fraction of sp³-hybridized carbons (Fsp3) is 0.143. The molecule has 0 spiro atoms. The van der Waals surface area contributed by atoms with Gasteiger partial charge in [0.05, 0.1) is 5.69 Å². The van der Waals surface area contributed by atoms with Gasteiger partial charge < -0.3 is 10.5 Å². The van der Waals surface area contributed by atoms with E-state index in [2.05, 4.69) is 4.74 Å². The third kappa shape index (κ3) is 2.94. The highest BCUT2D eigenvalue weighted by atomic mass is 127. The van der Waals surface area contributed by atoms with Crippen LogP contribution in [0.2, 0.25) is 0 Å². The van der Waals surface area contributed by atoms with Crippen LogP contribution in [0.25, 0.3) is 0 Å². The smallest absolute Gasteiger partial charge is 0.404 e. The molecule has 6 heteroatoms. The number of ether oxygens (including phenoxy) is 1. The second-order valence-electron chi connectivity index (χ2n) is 2.20. The summed E-state index contributed by atoms with van der Waals surface area (Å²) in [6.07, 6.45) is -4.70. The third-order valence-corrected chi connectivity index (χ3v) is 2.18. The number of hydrogen-bond donors (Lipinski definition) is 1. The minimum atomic E-state index is -4.70. The Morgan fingerprint density at radius 1 is 1.31 bits per heavy atom. The van der Waals surface area contributed by atoms with Gasteiger partial charge in [-0.25, -0.2) is 0 Å². The van der Waals surface area contributed by atoms with Crippen LogP contribution in [0.1, 0.15) is 0 Å². The van der Waals surface area contributed by atoms with E-state index in [-0.39, 0.29) is 11.4 Å². The summed E-state index contributed by atoms with van der Waals surface area (Å²) in [6, 6.07) is 4.21. The standard InChI is InChI=1S/C7H5F3INO/c8-7(9,10)13-5-3-1-2-4(11)6(5)12/h1-3H,12H2. The highest BCUT2D eigenvalue weighted by molar-refractivity contribution is 14.1. The van der Waals surface area contributed by atoms with Gasteiger partial charge in [-0.05, 0) is 34.7 Å². The van der Waals surface area contributed by atoms with Gasteiger partial charge in [0, 0.05) is 3.57 Å². The fourth-order valence-corrected chi connectivity index (χ4v) is 1.20. The molecular formula is C7H5F3INO. The molecule has 2 nitrogen and oxygen atoms in total. The van der Waals surface area contributed by atoms with E-state index in [0.717, 1.165) is 0 Å². The Morgan fingerprint density at radius 2 is 1.92 bits per heavy atom. The normalized spacial score (nSPS) is 11.4. The van der Waals surface area contributed by atoms with Gasteiger partial charge in [0.1, 0.15) is 0 Å². The van der Waals surface area contributed by atoms with E-state index in [1.54, 1.807) is 6.07 Å². The van der Waals surface area contributed by atoms with Crippen molar-refractivity contribution in [1.82, 2.24) is 0 Å². The van der Waals surface area contributed by atoms with Crippen LogP contribution in [0.15, 0.2) is 18.2 Å². The summed E-state index contributed by atoms with van der Waals surface area (Å²) in [5.74, 6) is -0.362. The molecule has 0 aliphatic heterocycles. The lowest BCUT2D eigenvalue weighted by molar-refractivity contribution is -0.274.